The molecule has 5 heteroatoms. The molecule has 1 aliphatic rings. The molecule has 1 aliphatic heterocycles. The van der Waals surface area contributed by atoms with Crippen molar-refractivity contribution in [3.05, 3.63) is 84.3 Å². The topological polar surface area (TPSA) is 59.4 Å². The molecule has 1 N–H and O–H groups in total. The Morgan fingerprint density at radius 3 is 2.67 bits per heavy atom. The van der Waals surface area contributed by atoms with Crippen molar-refractivity contribution in [3.63, 3.8) is 0 Å². The lowest BCUT2D eigenvalue weighted by Gasteiger charge is -2.27. The van der Waals surface area contributed by atoms with E-state index < -0.39 is 0 Å². The second-order valence-corrected chi connectivity index (χ2v) is 5.48. The number of para-hydroxylation sites is 1. The lowest BCUT2D eigenvalue weighted by molar-refractivity contribution is 0.206. The number of benzene rings is 2. The van der Waals surface area contributed by atoms with Crippen molar-refractivity contribution in [1.29, 1.82) is 0 Å². The molecular formula is C19H16N4O. The minimum Gasteiger partial charge on any atom is -0.485 e. The van der Waals surface area contributed by atoms with Gasteiger partial charge in [0.1, 0.15) is 11.9 Å². The summed E-state index contributed by atoms with van der Waals surface area (Å²) in [6.07, 6.45) is 5.54. The number of hydrazone groups is 1. The summed E-state index contributed by atoms with van der Waals surface area (Å²) in [5.41, 5.74) is 6.07. The molecule has 0 aliphatic carbocycles. The quantitative estimate of drug-likeness (QED) is 0.746. The number of hydrogen-bond donors (Lipinski definition) is 1. The molecule has 0 spiro atoms. The van der Waals surface area contributed by atoms with Crippen LogP contribution in [0, 0.1) is 0 Å². The Bertz CT molecular complexity index is 850. The molecule has 0 saturated carbocycles. The molecule has 0 amide bonds. The van der Waals surface area contributed by atoms with Crippen LogP contribution >= 0.6 is 0 Å². The highest BCUT2D eigenvalue weighted by Gasteiger charge is 2.26. The van der Waals surface area contributed by atoms with E-state index in [1.165, 1.54) is 0 Å². The molecule has 2 heterocycles. The molecule has 0 fully saturated rings. The molecule has 1 unspecified atom stereocenters. The van der Waals surface area contributed by atoms with E-state index >= 15 is 0 Å². The standard InChI is InChI=1S/C19H16N4O/c1-2-6-14(7-3-1)18-12-16(15-8-4-5-9-17(15)24-18)22-23-19-13-20-10-11-21-19/h1-11,13,18H,12H2,(H,21,23)/b22-16-. The molecule has 4 rings (SSSR count). The molecular weight excluding hydrogens is 300 g/mol. The van der Waals surface area contributed by atoms with Crippen molar-refractivity contribution in [2.75, 3.05) is 5.43 Å². The van der Waals surface area contributed by atoms with E-state index in [0.29, 0.717) is 12.2 Å². The van der Waals surface area contributed by atoms with Gasteiger partial charge in [0.25, 0.3) is 0 Å². The van der Waals surface area contributed by atoms with Gasteiger partial charge in [0.15, 0.2) is 5.82 Å². The number of anilines is 1. The van der Waals surface area contributed by atoms with E-state index in [9.17, 15) is 0 Å². The van der Waals surface area contributed by atoms with Crippen molar-refractivity contribution in [2.24, 2.45) is 5.10 Å². The average Bonchev–Trinajstić information content (AvgIpc) is 2.67. The average molecular weight is 316 g/mol. The Kier molecular flexibility index (Phi) is 3.90. The zero-order valence-electron chi connectivity index (χ0n) is 13.0. The van der Waals surface area contributed by atoms with Gasteiger partial charge in [0.05, 0.1) is 11.9 Å². The molecule has 0 radical (unpaired) electrons. The number of nitrogens with one attached hydrogen (secondary N) is 1. The highest BCUT2D eigenvalue weighted by atomic mass is 16.5. The van der Waals surface area contributed by atoms with Crippen molar-refractivity contribution in [1.82, 2.24) is 9.97 Å². The van der Waals surface area contributed by atoms with Crippen LogP contribution in [0.4, 0.5) is 5.82 Å². The Morgan fingerprint density at radius 2 is 1.83 bits per heavy atom. The number of rotatable bonds is 3. The van der Waals surface area contributed by atoms with Crippen LogP contribution < -0.4 is 10.2 Å². The summed E-state index contributed by atoms with van der Waals surface area (Å²) >= 11 is 0. The molecule has 2 aromatic carbocycles. The second-order valence-electron chi connectivity index (χ2n) is 5.48. The Balaban J connectivity index is 1.67. The Morgan fingerprint density at radius 1 is 1.00 bits per heavy atom. The number of ether oxygens (including phenoxy) is 1. The van der Waals surface area contributed by atoms with Crippen molar-refractivity contribution in [3.8, 4) is 5.75 Å². The fourth-order valence-electron chi connectivity index (χ4n) is 2.73. The minimum atomic E-state index is -0.0523. The van der Waals surface area contributed by atoms with Gasteiger partial charge in [-0.3, -0.25) is 10.4 Å². The first-order chi connectivity index (χ1) is 11.9. The SMILES string of the molecule is c1ccc(C2C/C(=N/Nc3cnccn3)c3ccccc3O2)cc1. The summed E-state index contributed by atoms with van der Waals surface area (Å²) in [5, 5.41) is 4.55. The first kappa shape index (κ1) is 14.4. The van der Waals surface area contributed by atoms with Gasteiger partial charge in [-0.05, 0) is 17.7 Å². The first-order valence-corrected chi connectivity index (χ1v) is 7.80. The van der Waals surface area contributed by atoms with Crippen LogP contribution in [0.2, 0.25) is 0 Å². The van der Waals surface area contributed by atoms with E-state index in [1.807, 2.05) is 42.5 Å². The number of aromatic nitrogens is 2. The van der Waals surface area contributed by atoms with E-state index in [-0.39, 0.29) is 6.10 Å². The zero-order valence-corrected chi connectivity index (χ0v) is 13.0. The third-order valence-corrected chi connectivity index (χ3v) is 3.89. The highest BCUT2D eigenvalue weighted by Crippen LogP contribution is 2.35. The molecule has 3 aromatic rings. The molecule has 118 valence electrons. The molecule has 0 bridgehead atoms. The van der Waals surface area contributed by atoms with E-state index in [4.69, 9.17) is 4.74 Å². The highest BCUT2D eigenvalue weighted by molar-refractivity contribution is 6.04. The zero-order chi connectivity index (χ0) is 16.2. The maximum atomic E-state index is 6.16. The maximum absolute atomic E-state index is 6.16. The first-order valence-electron chi connectivity index (χ1n) is 7.80. The summed E-state index contributed by atoms with van der Waals surface area (Å²) in [4.78, 5) is 8.22. The largest absolute Gasteiger partial charge is 0.485 e. The van der Waals surface area contributed by atoms with Gasteiger partial charge in [-0.2, -0.15) is 5.10 Å². The van der Waals surface area contributed by atoms with Crippen LogP contribution in [0.5, 0.6) is 5.75 Å². The van der Waals surface area contributed by atoms with Crippen molar-refractivity contribution in [2.45, 2.75) is 12.5 Å². The van der Waals surface area contributed by atoms with Crippen molar-refractivity contribution >= 4 is 11.5 Å². The molecule has 5 nitrogen and oxygen atoms in total. The summed E-state index contributed by atoms with van der Waals surface area (Å²) in [5.74, 6) is 1.46. The van der Waals surface area contributed by atoms with Crippen LogP contribution in [0.15, 0.2) is 78.3 Å². The normalized spacial score (nSPS) is 17.8. The predicted molar refractivity (Wildman–Crippen MR) is 93.1 cm³/mol. The van der Waals surface area contributed by atoms with E-state index in [0.717, 1.165) is 22.6 Å². The van der Waals surface area contributed by atoms with Gasteiger partial charge >= 0.3 is 0 Å². The third kappa shape index (κ3) is 2.96. The summed E-state index contributed by atoms with van der Waals surface area (Å²) < 4.78 is 6.16. The van der Waals surface area contributed by atoms with E-state index in [2.05, 4.69) is 32.6 Å². The van der Waals surface area contributed by atoms with Gasteiger partial charge in [-0.25, -0.2) is 4.98 Å². The van der Waals surface area contributed by atoms with Crippen LogP contribution in [-0.4, -0.2) is 15.7 Å². The van der Waals surface area contributed by atoms with Crippen LogP contribution in [0.25, 0.3) is 0 Å². The molecule has 24 heavy (non-hydrogen) atoms. The van der Waals surface area contributed by atoms with Gasteiger partial charge in [0, 0.05) is 24.4 Å². The Hall–Kier alpha value is -3.21. The predicted octanol–water partition coefficient (Wildman–Crippen LogP) is 3.82. The minimum absolute atomic E-state index is 0.0523. The summed E-state index contributed by atoms with van der Waals surface area (Å²) in [6, 6.07) is 18.2. The van der Waals surface area contributed by atoms with Crippen LogP contribution in [-0.2, 0) is 0 Å². The van der Waals surface area contributed by atoms with Crippen molar-refractivity contribution < 1.29 is 4.74 Å². The number of nitrogens with zero attached hydrogens (tertiary/aromatic N) is 3. The molecule has 0 saturated heterocycles. The summed E-state index contributed by atoms with van der Waals surface area (Å²) in [6.45, 7) is 0. The number of hydrogen-bond acceptors (Lipinski definition) is 5. The lowest BCUT2D eigenvalue weighted by Crippen LogP contribution is -2.21. The van der Waals surface area contributed by atoms with Crippen LogP contribution in [0.1, 0.15) is 23.7 Å². The third-order valence-electron chi connectivity index (χ3n) is 3.89. The van der Waals surface area contributed by atoms with Gasteiger partial charge in [0.2, 0.25) is 0 Å². The second kappa shape index (κ2) is 6.50. The number of fused-ring (bicyclic) bond motifs is 1. The fraction of sp³-hybridized carbons (Fsp3) is 0.105. The van der Waals surface area contributed by atoms with Gasteiger partial charge in [-0.15, -0.1) is 0 Å². The fourth-order valence-corrected chi connectivity index (χ4v) is 2.73. The smallest absolute Gasteiger partial charge is 0.164 e. The van der Waals surface area contributed by atoms with Gasteiger partial charge in [-0.1, -0.05) is 42.5 Å². The lowest BCUT2D eigenvalue weighted by atomic mass is 9.96. The Labute approximate surface area is 140 Å². The monoisotopic (exact) mass is 316 g/mol. The summed E-state index contributed by atoms with van der Waals surface area (Å²) in [7, 11) is 0. The molecule has 1 aromatic heterocycles. The maximum Gasteiger partial charge on any atom is 0.164 e. The van der Waals surface area contributed by atoms with Crippen LogP contribution in [0.3, 0.4) is 0 Å². The van der Waals surface area contributed by atoms with E-state index in [1.54, 1.807) is 18.6 Å². The molecule has 1 atom stereocenters. The van der Waals surface area contributed by atoms with Gasteiger partial charge < -0.3 is 4.74 Å².